The summed E-state index contributed by atoms with van der Waals surface area (Å²) < 4.78 is 36.4. The molecule has 156 valence electrons. The number of carbonyl (C=O) groups is 1. The summed E-state index contributed by atoms with van der Waals surface area (Å²) in [6.45, 7) is 4.17. The molecule has 0 fully saturated rings. The molecule has 0 radical (unpaired) electrons. The van der Waals surface area contributed by atoms with E-state index in [1.165, 1.54) is 11.4 Å². The fourth-order valence-corrected chi connectivity index (χ4v) is 3.67. The van der Waals surface area contributed by atoms with Crippen molar-refractivity contribution in [2.45, 2.75) is 12.8 Å². The minimum absolute atomic E-state index is 0.168. The van der Waals surface area contributed by atoms with Crippen LogP contribution in [0.15, 0.2) is 61.2 Å². The first-order valence-corrected chi connectivity index (χ1v) is 10.9. The normalized spacial score (nSPS) is 10.8. The highest BCUT2D eigenvalue weighted by Crippen LogP contribution is 2.29. The van der Waals surface area contributed by atoms with E-state index >= 15 is 0 Å². The van der Waals surface area contributed by atoms with E-state index in [0.29, 0.717) is 35.9 Å². The van der Waals surface area contributed by atoms with Gasteiger partial charge in [-0.15, -0.1) is 0 Å². The predicted octanol–water partition coefficient (Wildman–Crippen LogP) is 3.44. The van der Waals surface area contributed by atoms with Crippen molar-refractivity contribution < 1.29 is 22.7 Å². The molecule has 0 aromatic heterocycles. The summed E-state index contributed by atoms with van der Waals surface area (Å²) in [5.74, 6) is 0.947. The minimum atomic E-state index is -3.52. The molecule has 0 spiro atoms. The van der Waals surface area contributed by atoms with Gasteiger partial charge in [-0.3, -0.25) is 9.10 Å². The van der Waals surface area contributed by atoms with Crippen LogP contribution in [0.4, 0.5) is 11.4 Å². The van der Waals surface area contributed by atoms with Crippen molar-refractivity contribution in [3.05, 3.63) is 61.2 Å². The molecule has 0 bridgehead atoms. The van der Waals surface area contributed by atoms with Crippen molar-refractivity contribution in [1.82, 2.24) is 0 Å². The van der Waals surface area contributed by atoms with Gasteiger partial charge in [0, 0.05) is 18.7 Å². The van der Waals surface area contributed by atoms with Gasteiger partial charge in [0.15, 0.2) is 0 Å². The Bertz CT molecular complexity index is 926. The Morgan fingerprint density at radius 1 is 1.17 bits per heavy atom. The molecule has 8 heteroatoms. The van der Waals surface area contributed by atoms with Crippen LogP contribution in [0.1, 0.15) is 12.8 Å². The molecule has 0 aliphatic rings. The highest BCUT2D eigenvalue weighted by atomic mass is 32.2. The topological polar surface area (TPSA) is 84.9 Å². The average Bonchev–Trinajstić information content (AvgIpc) is 2.70. The van der Waals surface area contributed by atoms with E-state index in [0.717, 1.165) is 6.26 Å². The lowest BCUT2D eigenvalue weighted by Gasteiger charge is -2.24. The number of rotatable bonds is 11. The van der Waals surface area contributed by atoms with Gasteiger partial charge in [-0.25, -0.2) is 8.42 Å². The zero-order valence-electron chi connectivity index (χ0n) is 16.6. The molecule has 0 aliphatic heterocycles. The lowest BCUT2D eigenvalue weighted by molar-refractivity contribution is -0.116. The van der Waals surface area contributed by atoms with Crippen molar-refractivity contribution in [1.29, 1.82) is 0 Å². The number of methoxy groups -OCH3 is 1. The lowest BCUT2D eigenvalue weighted by Crippen LogP contribution is -2.31. The van der Waals surface area contributed by atoms with Crippen LogP contribution in [0.2, 0.25) is 0 Å². The van der Waals surface area contributed by atoms with E-state index in [1.54, 1.807) is 54.6 Å². The summed E-state index contributed by atoms with van der Waals surface area (Å²) in [6, 6.07) is 13.9. The van der Waals surface area contributed by atoms with Crippen LogP contribution in [0, 0.1) is 0 Å². The van der Waals surface area contributed by atoms with Crippen LogP contribution in [0.25, 0.3) is 0 Å². The van der Waals surface area contributed by atoms with E-state index in [9.17, 15) is 13.2 Å². The summed E-state index contributed by atoms with van der Waals surface area (Å²) in [7, 11) is -2.03. The third-order valence-corrected chi connectivity index (χ3v) is 5.21. The molecule has 0 atom stereocenters. The number of nitrogens with one attached hydrogen (secondary N) is 1. The number of amides is 1. The van der Waals surface area contributed by atoms with Crippen molar-refractivity contribution in [3.63, 3.8) is 0 Å². The smallest absolute Gasteiger partial charge is 0.232 e. The van der Waals surface area contributed by atoms with Gasteiger partial charge in [0.2, 0.25) is 15.9 Å². The summed E-state index contributed by atoms with van der Waals surface area (Å²) in [6.07, 6.45) is 3.32. The van der Waals surface area contributed by atoms with Crippen LogP contribution in [0.3, 0.4) is 0 Å². The van der Waals surface area contributed by atoms with Gasteiger partial charge in [-0.1, -0.05) is 24.8 Å². The first kappa shape index (κ1) is 22.3. The molecular weight excluding hydrogens is 392 g/mol. The molecular formula is C21H26N2O5S. The summed E-state index contributed by atoms with van der Waals surface area (Å²) in [5, 5.41) is 2.79. The average molecular weight is 419 g/mol. The number of hydrogen-bond donors (Lipinski definition) is 1. The number of nitrogens with zero attached hydrogens (tertiary/aromatic N) is 1. The van der Waals surface area contributed by atoms with Crippen molar-refractivity contribution >= 4 is 27.3 Å². The van der Waals surface area contributed by atoms with Gasteiger partial charge < -0.3 is 14.8 Å². The van der Waals surface area contributed by atoms with Gasteiger partial charge >= 0.3 is 0 Å². The lowest BCUT2D eigenvalue weighted by atomic mass is 10.2. The molecule has 0 unspecified atom stereocenters. The molecule has 1 amide bonds. The zero-order valence-corrected chi connectivity index (χ0v) is 17.4. The molecule has 1 N–H and O–H groups in total. The molecule has 0 heterocycles. The summed E-state index contributed by atoms with van der Waals surface area (Å²) in [5.41, 5.74) is 1.10. The Morgan fingerprint density at radius 2 is 1.86 bits per heavy atom. The summed E-state index contributed by atoms with van der Waals surface area (Å²) >= 11 is 0. The van der Waals surface area contributed by atoms with Crippen molar-refractivity contribution in [2.24, 2.45) is 0 Å². The van der Waals surface area contributed by atoms with Crippen LogP contribution in [0.5, 0.6) is 11.5 Å². The predicted molar refractivity (Wildman–Crippen MR) is 115 cm³/mol. The number of hydrogen-bond acceptors (Lipinski definition) is 5. The first-order valence-electron chi connectivity index (χ1n) is 9.09. The van der Waals surface area contributed by atoms with Crippen LogP contribution < -0.4 is 19.1 Å². The third-order valence-electron chi connectivity index (χ3n) is 4.03. The number of sulfonamides is 1. The highest BCUT2D eigenvalue weighted by molar-refractivity contribution is 7.92. The number of anilines is 2. The Hall–Kier alpha value is -3.00. The molecule has 29 heavy (non-hydrogen) atoms. The Kier molecular flexibility index (Phi) is 8.09. The number of para-hydroxylation sites is 2. The fourth-order valence-electron chi connectivity index (χ4n) is 2.70. The van der Waals surface area contributed by atoms with E-state index in [2.05, 4.69) is 11.9 Å². The monoisotopic (exact) mass is 418 g/mol. The molecule has 0 saturated heterocycles. The molecule has 2 rings (SSSR count). The Labute approximate surface area is 172 Å². The van der Waals surface area contributed by atoms with E-state index in [1.807, 2.05) is 0 Å². The fraction of sp³-hybridized carbons (Fsp3) is 0.286. The number of carbonyl (C=O) groups excluding carboxylic acids is 1. The molecule has 0 aliphatic carbocycles. The van der Waals surface area contributed by atoms with E-state index in [4.69, 9.17) is 9.47 Å². The second-order valence-electron chi connectivity index (χ2n) is 6.28. The Morgan fingerprint density at radius 3 is 2.48 bits per heavy atom. The third kappa shape index (κ3) is 6.83. The van der Waals surface area contributed by atoms with Gasteiger partial charge in [-0.2, -0.15) is 0 Å². The number of ether oxygens (including phenoxy) is 2. The SMILES string of the molecule is C=CCOc1ccc(NC(=O)CCCN(c2ccccc2OC)S(C)(=O)=O)cc1. The van der Waals surface area contributed by atoms with E-state index in [-0.39, 0.29) is 18.9 Å². The molecule has 2 aromatic rings. The van der Waals surface area contributed by atoms with Gasteiger partial charge in [0.25, 0.3) is 0 Å². The Balaban J connectivity index is 1.94. The maximum Gasteiger partial charge on any atom is 0.232 e. The maximum atomic E-state index is 12.2. The molecule has 2 aromatic carbocycles. The quantitative estimate of drug-likeness (QED) is 0.565. The van der Waals surface area contributed by atoms with Gasteiger partial charge in [0.1, 0.15) is 18.1 Å². The largest absolute Gasteiger partial charge is 0.495 e. The number of benzene rings is 2. The maximum absolute atomic E-state index is 12.2. The minimum Gasteiger partial charge on any atom is -0.495 e. The van der Waals surface area contributed by atoms with Gasteiger partial charge in [-0.05, 0) is 42.8 Å². The van der Waals surface area contributed by atoms with Crippen molar-refractivity contribution in [3.8, 4) is 11.5 Å². The van der Waals surface area contributed by atoms with Crippen LogP contribution in [-0.4, -0.2) is 40.8 Å². The first-order chi connectivity index (χ1) is 13.8. The van der Waals surface area contributed by atoms with Gasteiger partial charge in [0.05, 0.1) is 19.1 Å². The van der Waals surface area contributed by atoms with Crippen LogP contribution >= 0.6 is 0 Å². The zero-order chi connectivity index (χ0) is 21.3. The standard InChI is InChI=1S/C21H26N2O5S/c1-4-16-28-18-13-11-17(12-14-18)22-21(24)10-7-15-23(29(3,25)26)19-8-5-6-9-20(19)27-2/h4-6,8-9,11-14H,1,7,10,15-16H2,2-3H3,(H,22,24). The van der Waals surface area contributed by atoms with E-state index < -0.39 is 10.0 Å². The van der Waals surface area contributed by atoms with Crippen molar-refractivity contribution in [2.75, 3.05) is 36.1 Å². The van der Waals surface area contributed by atoms with Crippen LogP contribution in [-0.2, 0) is 14.8 Å². The highest BCUT2D eigenvalue weighted by Gasteiger charge is 2.20. The second kappa shape index (κ2) is 10.5. The second-order valence-corrected chi connectivity index (χ2v) is 8.19. The summed E-state index contributed by atoms with van der Waals surface area (Å²) in [4.78, 5) is 12.2. The molecule has 0 saturated carbocycles. The molecule has 7 nitrogen and oxygen atoms in total.